The molecule has 1 aromatic rings. The van der Waals surface area contributed by atoms with Crippen LogP contribution >= 0.6 is 0 Å². The summed E-state index contributed by atoms with van der Waals surface area (Å²) in [6.07, 6.45) is 4.97. The molecular formula is C12H15N3O2S. The second kappa shape index (κ2) is 5.22. The first kappa shape index (κ1) is 12.6. The van der Waals surface area contributed by atoms with Gasteiger partial charge in [0.15, 0.2) is 15.8 Å². The van der Waals surface area contributed by atoms with Crippen LogP contribution in [0.2, 0.25) is 0 Å². The van der Waals surface area contributed by atoms with Crippen LogP contribution in [0.5, 0.6) is 0 Å². The number of rotatable bonds is 3. The van der Waals surface area contributed by atoms with E-state index in [1.165, 1.54) is 6.26 Å². The molecule has 0 spiro atoms. The molecule has 0 saturated carbocycles. The molecule has 1 aliphatic heterocycles. The fraction of sp³-hybridized carbons (Fsp3) is 0.250. The van der Waals surface area contributed by atoms with Gasteiger partial charge in [0, 0.05) is 18.1 Å². The van der Waals surface area contributed by atoms with E-state index in [0.29, 0.717) is 12.5 Å². The largest absolute Gasteiger partial charge is 0.333 e. The Hall–Kier alpha value is -1.82. The number of nitrogens with one attached hydrogen (secondary N) is 2. The van der Waals surface area contributed by atoms with Gasteiger partial charge in [-0.1, -0.05) is 12.1 Å². The lowest BCUT2D eigenvalue weighted by atomic mass is 10.2. The predicted molar refractivity (Wildman–Crippen MR) is 73.2 cm³/mol. The van der Waals surface area contributed by atoms with E-state index in [1.807, 2.05) is 24.4 Å². The maximum atomic E-state index is 11.2. The monoisotopic (exact) mass is 265 g/mol. The number of hydrogen-bond donors (Lipinski definition) is 2. The van der Waals surface area contributed by atoms with Crippen LogP contribution in [-0.4, -0.2) is 27.2 Å². The second-order valence-corrected chi connectivity index (χ2v) is 6.27. The molecule has 0 saturated heterocycles. The lowest BCUT2D eigenvalue weighted by molar-refractivity contribution is 0.601. The van der Waals surface area contributed by atoms with E-state index in [4.69, 9.17) is 0 Å². The van der Waals surface area contributed by atoms with Gasteiger partial charge in [-0.05, 0) is 23.8 Å². The van der Waals surface area contributed by atoms with Crippen molar-refractivity contribution in [3.05, 3.63) is 42.1 Å². The van der Waals surface area contributed by atoms with Crippen molar-refractivity contribution in [2.45, 2.75) is 5.75 Å². The molecule has 0 fully saturated rings. The van der Waals surface area contributed by atoms with Crippen molar-refractivity contribution in [3.8, 4) is 0 Å². The number of sulfone groups is 1. The summed E-state index contributed by atoms with van der Waals surface area (Å²) < 4.78 is 22.3. The molecule has 2 N–H and O–H groups in total. The van der Waals surface area contributed by atoms with E-state index in [2.05, 4.69) is 15.6 Å². The fourth-order valence-electron chi connectivity index (χ4n) is 1.58. The molecule has 2 rings (SSSR count). The third kappa shape index (κ3) is 3.89. The zero-order valence-corrected chi connectivity index (χ0v) is 10.9. The molecule has 0 radical (unpaired) electrons. The third-order valence-corrected chi connectivity index (χ3v) is 3.20. The minimum Gasteiger partial charge on any atom is -0.333 e. The van der Waals surface area contributed by atoms with Crippen LogP contribution in [0, 0.1) is 0 Å². The molecule has 0 aliphatic carbocycles. The van der Waals surface area contributed by atoms with Crippen molar-refractivity contribution in [1.29, 1.82) is 0 Å². The fourth-order valence-corrected chi connectivity index (χ4v) is 2.38. The quantitative estimate of drug-likeness (QED) is 0.859. The molecule has 0 aromatic heterocycles. The van der Waals surface area contributed by atoms with Crippen LogP contribution in [0.1, 0.15) is 5.56 Å². The number of benzene rings is 1. The molecule has 0 unspecified atom stereocenters. The zero-order valence-electron chi connectivity index (χ0n) is 10.1. The topological polar surface area (TPSA) is 70.6 Å². The van der Waals surface area contributed by atoms with E-state index >= 15 is 0 Å². The van der Waals surface area contributed by atoms with Crippen LogP contribution in [0.15, 0.2) is 41.5 Å². The molecule has 6 heteroatoms. The molecule has 5 nitrogen and oxygen atoms in total. The molecule has 1 aliphatic rings. The van der Waals surface area contributed by atoms with Gasteiger partial charge in [-0.3, -0.25) is 0 Å². The molecule has 96 valence electrons. The summed E-state index contributed by atoms with van der Waals surface area (Å²) in [5.74, 6) is 0.753. The molecule has 1 heterocycles. The van der Waals surface area contributed by atoms with Crippen molar-refractivity contribution in [1.82, 2.24) is 5.32 Å². The molecule has 0 atom stereocenters. The number of hydrogen-bond acceptors (Lipinski definition) is 5. The normalized spacial score (nSPS) is 14.8. The zero-order chi connectivity index (χ0) is 13.0. The Morgan fingerprint density at radius 1 is 1.33 bits per heavy atom. The highest BCUT2D eigenvalue weighted by molar-refractivity contribution is 7.89. The summed E-state index contributed by atoms with van der Waals surface area (Å²) in [5.41, 5.74) is 1.65. The number of guanidine groups is 1. The number of anilines is 1. The van der Waals surface area contributed by atoms with Crippen molar-refractivity contribution in [2.75, 3.05) is 18.1 Å². The van der Waals surface area contributed by atoms with Gasteiger partial charge in [0.2, 0.25) is 0 Å². The first-order valence-corrected chi connectivity index (χ1v) is 7.59. The summed E-state index contributed by atoms with van der Waals surface area (Å²) in [5, 5.41) is 6.09. The average Bonchev–Trinajstić information content (AvgIpc) is 2.31. The summed E-state index contributed by atoms with van der Waals surface area (Å²) in [4.78, 5) is 4.22. The molecule has 0 amide bonds. The molecular weight excluding hydrogens is 250 g/mol. The van der Waals surface area contributed by atoms with Gasteiger partial charge in [0.25, 0.3) is 0 Å². The van der Waals surface area contributed by atoms with E-state index < -0.39 is 9.84 Å². The SMILES string of the molecule is CS(=O)(=O)Cc1ccc(NC2=NCC=CN2)cc1. The standard InChI is InChI=1S/C12H15N3O2S/c1-18(16,17)9-10-3-5-11(6-4-10)15-12-13-7-2-8-14-12/h2-7H,8-9H2,1H3,(H2,13,14,15). The summed E-state index contributed by atoms with van der Waals surface area (Å²) in [7, 11) is -2.98. The van der Waals surface area contributed by atoms with E-state index in [-0.39, 0.29) is 5.75 Å². The number of nitrogens with zero attached hydrogens (tertiary/aromatic N) is 1. The van der Waals surface area contributed by atoms with E-state index in [9.17, 15) is 8.42 Å². The van der Waals surface area contributed by atoms with Crippen molar-refractivity contribution >= 4 is 21.5 Å². The van der Waals surface area contributed by atoms with Crippen molar-refractivity contribution < 1.29 is 8.42 Å². The molecule has 1 aromatic carbocycles. The Labute approximate surface area is 107 Å². The van der Waals surface area contributed by atoms with Gasteiger partial charge in [0.05, 0.1) is 12.3 Å². The summed E-state index contributed by atoms with van der Waals surface area (Å²) >= 11 is 0. The van der Waals surface area contributed by atoms with Gasteiger partial charge in [-0.15, -0.1) is 0 Å². The Morgan fingerprint density at radius 3 is 2.61 bits per heavy atom. The lowest BCUT2D eigenvalue weighted by Gasteiger charge is -2.12. The highest BCUT2D eigenvalue weighted by Crippen LogP contribution is 2.11. The van der Waals surface area contributed by atoms with Crippen LogP contribution < -0.4 is 10.6 Å². The minimum absolute atomic E-state index is 0.0647. The molecule has 18 heavy (non-hydrogen) atoms. The molecule has 0 bridgehead atoms. The van der Waals surface area contributed by atoms with Gasteiger partial charge in [-0.2, -0.15) is 0 Å². The Balaban J connectivity index is 2.01. The third-order valence-electron chi connectivity index (χ3n) is 2.34. The van der Waals surface area contributed by atoms with Gasteiger partial charge in [-0.25, -0.2) is 13.4 Å². The van der Waals surface area contributed by atoms with Crippen molar-refractivity contribution in [2.24, 2.45) is 4.99 Å². The maximum absolute atomic E-state index is 11.2. The first-order valence-electron chi connectivity index (χ1n) is 5.53. The lowest BCUT2D eigenvalue weighted by Crippen LogP contribution is -2.28. The number of aliphatic imine (C=N–C) groups is 1. The van der Waals surface area contributed by atoms with Crippen LogP contribution in [0.3, 0.4) is 0 Å². The highest BCUT2D eigenvalue weighted by atomic mass is 32.2. The summed E-state index contributed by atoms with van der Waals surface area (Å²) in [6.45, 7) is 0.654. The van der Waals surface area contributed by atoms with Crippen molar-refractivity contribution in [3.63, 3.8) is 0 Å². The van der Waals surface area contributed by atoms with Crippen LogP contribution in [0.4, 0.5) is 5.69 Å². The average molecular weight is 265 g/mol. The van der Waals surface area contributed by atoms with Gasteiger partial charge < -0.3 is 10.6 Å². The second-order valence-electron chi connectivity index (χ2n) is 4.13. The van der Waals surface area contributed by atoms with Gasteiger partial charge in [0.1, 0.15) is 0 Å². The van der Waals surface area contributed by atoms with E-state index in [0.717, 1.165) is 11.3 Å². The maximum Gasteiger partial charge on any atom is 0.200 e. The summed E-state index contributed by atoms with van der Waals surface area (Å²) in [6, 6.07) is 7.26. The van der Waals surface area contributed by atoms with Gasteiger partial charge >= 0.3 is 0 Å². The smallest absolute Gasteiger partial charge is 0.200 e. The van der Waals surface area contributed by atoms with E-state index in [1.54, 1.807) is 12.1 Å². The minimum atomic E-state index is -2.98. The highest BCUT2D eigenvalue weighted by Gasteiger charge is 2.05. The first-order chi connectivity index (χ1) is 8.53. The van der Waals surface area contributed by atoms with Crippen LogP contribution in [0.25, 0.3) is 0 Å². The Bertz CT molecular complexity index is 574. The predicted octanol–water partition coefficient (Wildman–Crippen LogP) is 1.12. The Kier molecular flexibility index (Phi) is 3.66. The van der Waals surface area contributed by atoms with Crippen LogP contribution in [-0.2, 0) is 15.6 Å². The Morgan fingerprint density at radius 2 is 2.06 bits per heavy atom.